The van der Waals surface area contributed by atoms with Crippen LogP contribution in [0.4, 0.5) is 0 Å². The second-order valence-corrected chi connectivity index (χ2v) is 7.23. The van der Waals surface area contributed by atoms with Crippen molar-refractivity contribution < 1.29 is 9.21 Å². The highest BCUT2D eigenvalue weighted by atomic mass is 35.5. The maximum atomic E-state index is 12.0. The minimum Gasteiger partial charge on any atom is -0.441 e. The van der Waals surface area contributed by atoms with Gasteiger partial charge in [-0.1, -0.05) is 61.8 Å². The second kappa shape index (κ2) is 8.87. The SMILES string of the molecule is CC(C)c1ccc(-c2cnc(CCC(=O)NCc3ccc(Cl)cc3)o2)cc1. The lowest BCUT2D eigenvalue weighted by Gasteiger charge is -2.05. The Hall–Kier alpha value is -2.59. The Balaban J connectivity index is 1.50. The van der Waals surface area contributed by atoms with Gasteiger partial charge in [0.25, 0.3) is 0 Å². The largest absolute Gasteiger partial charge is 0.441 e. The Morgan fingerprint density at radius 2 is 1.81 bits per heavy atom. The van der Waals surface area contributed by atoms with Gasteiger partial charge in [0.2, 0.25) is 5.91 Å². The zero-order valence-corrected chi connectivity index (χ0v) is 16.3. The molecule has 0 spiro atoms. The van der Waals surface area contributed by atoms with Gasteiger partial charge in [0.05, 0.1) is 6.20 Å². The number of carbonyl (C=O) groups excluding carboxylic acids is 1. The Kier molecular flexibility index (Phi) is 6.30. The number of oxazole rings is 1. The highest BCUT2D eigenvalue weighted by Gasteiger charge is 2.09. The third-order valence-electron chi connectivity index (χ3n) is 4.38. The van der Waals surface area contributed by atoms with E-state index in [-0.39, 0.29) is 5.91 Å². The molecule has 0 aliphatic carbocycles. The molecular formula is C22H23ClN2O2. The van der Waals surface area contributed by atoms with Crippen LogP contribution in [0.3, 0.4) is 0 Å². The number of aryl methyl sites for hydroxylation is 1. The summed E-state index contributed by atoms with van der Waals surface area (Å²) < 4.78 is 5.79. The fraction of sp³-hybridized carbons (Fsp3) is 0.273. The molecule has 5 heteroatoms. The molecule has 0 atom stereocenters. The normalized spacial score (nSPS) is 11.0. The van der Waals surface area contributed by atoms with E-state index in [1.54, 1.807) is 6.20 Å². The van der Waals surface area contributed by atoms with Gasteiger partial charge in [-0.15, -0.1) is 0 Å². The Bertz CT molecular complexity index is 883. The number of hydrogen-bond donors (Lipinski definition) is 1. The molecule has 27 heavy (non-hydrogen) atoms. The lowest BCUT2D eigenvalue weighted by Crippen LogP contribution is -2.22. The maximum Gasteiger partial charge on any atom is 0.220 e. The van der Waals surface area contributed by atoms with E-state index in [4.69, 9.17) is 16.0 Å². The minimum absolute atomic E-state index is 0.0361. The first kappa shape index (κ1) is 19.2. The third-order valence-corrected chi connectivity index (χ3v) is 4.64. The molecule has 0 unspecified atom stereocenters. The number of benzene rings is 2. The average Bonchev–Trinajstić information content (AvgIpc) is 3.15. The van der Waals surface area contributed by atoms with Crippen LogP contribution in [0.1, 0.15) is 43.2 Å². The van der Waals surface area contributed by atoms with Gasteiger partial charge in [0.15, 0.2) is 11.7 Å². The highest BCUT2D eigenvalue weighted by Crippen LogP contribution is 2.23. The van der Waals surface area contributed by atoms with E-state index in [0.717, 1.165) is 16.9 Å². The van der Waals surface area contributed by atoms with Crippen molar-refractivity contribution in [1.82, 2.24) is 10.3 Å². The van der Waals surface area contributed by atoms with Crippen molar-refractivity contribution in [3.8, 4) is 11.3 Å². The fourth-order valence-corrected chi connectivity index (χ4v) is 2.83. The predicted molar refractivity (Wildman–Crippen MR) is 108 cm³/mol. The van der Waals surface area contributed by atoms with Crippen LogP contribution in [-0.4, -0.2) is 10.9 Å². The first-order valence-corrected chi connectivity index (χ1v) is 9.45. The molecule has 2 aromatic carbocycles. The van der Waals surface area contributed by atoms with Crippen LogP contribution in [0.25, 0.3) is 11.3 Å². The molecule has 0 saturated heterocycles. The molecule has 3 rings (SSSR count). The van der Waals surface area contributed by atoms with Gasteiger partial charge in [0, 0.05) is 30.0 Å². The molecule has 1 N–H and O–H groups in total. The molecule has 1 amide bonds. The van der Waals surface area contributed by atoms with Gasteiger partial charge in [0.1, 0.15) is 0 Å². The number of halogens is 1. The molecule has 0 aliphatic rings. The van der Waals surface area contributed by atoms with E-state index in [9.17, 15) is 4.79 Å². The Labute approximate surface area is 164 Å². The summed E-state index contributed by atoms with van der Waals surface area (Å²) in [5, 5.41) is 3.58. The quantitative estimate of drug-likeness (QED) is 0.597. The number of hydrogen-bond acceptors (Lipinski definition) is 3. The van der Waals surface area contributed by atoms with Gasteiger partial charge in [-0.2, -0.15) is 0 Å². The van der Waals surface area contributed by atoms with E-state index in [1.807, 2.05) is 36.4 Å². The van der Waals surface area contributed by atoms with E-state index in [2.05, 4.69) is 36.3 Å². The van der Waals surface area contributed by atoms with Gasteiger partial charge in [-0.3, -0.25) is 4.79 Å². The summed E-state index contributed by atoms with van der Waals surface area (Å²) in [6.45, 7) is 4.81. The standard InChI is InChI=1S/C22H23ClN2O2/c1-15(2)17-5-7-18(8-6-17)20-14-25-22(27-20)12-11-21(26)24-13-16-3-9-19(23)10-4-16/h3-10,14-15H,11-13H2,1-2H3,(H,24,26). The van der Waals surface area contributed by atoms with Crippen molar-refractivity contribution in [2.45, 2.75) is 39.2 Å². The van der Waals surface area contributed by atoms with Crippen molar-refractivity contribution in [2.75, 3.05) is 0 Å². The summed E-state index contributed by atoms with van der Waals surface area (Å²) in [4.78, 5) is 16.3. The van der Waals surface area contributed by atoms with Crippen LogP contribution < -0.4 is 5.32 Å². The highest BCUT2D eigenvalue weighted by molar-refractivity contribution is 6.30. The average molecular weight is 383 g/mol. The third kappa shape index (κ3) is 5.44. The zero-order valence-electron chi connectivity index (χ0n) is 15.5. The predicted octanol–water partition coefficient (Wildman–Crippen LogP) is 5.37. The lowest BCUT2D eigenvalue weighted by atomic mass is 10.0. The molecule has 0 saturated carbocycles. The molecule has 3 aromatic rings. The van der Waals surface area contributed by atoms with Crippen molar-refractivity contribution in [2.24, 2.45) is 0 Å². The van der Waals surface area contributed by atoms with E-state index >= 15 is 0 Å². The number of nitrogens with one attached hydrogen (secondary N) is 1. The summed E-state index contributed by atoms with van der Waals surface area (Å²) in [7, 11) is 0. The second-order valence-electron chi connectivity index (χ2n) is 6.80. The van der Waals surface area contributed by atoms with Gasteiger partial charge in [-0.25, -0.2) is 4.98 Å². The van der Waals surface area contributed by atoms with E-state index < -0.39 is 0 Å². The Morgan fingerprint density at radius 3 is 2.48 bits per heavy atom. The zero-order chi connectivity index (χ0) is 19.2. The topological polar surface area (TPSA) is 55.1 Å². The van der Waals surface area contributed by atoms with Crippen molar-refractivity contribution in [1.29, 1.82) is 0 Å². The smallest absolute Gasteiger partial charge is 0.220 e. The molecule has 0 radical (unpaired) electrons. The Morgan fingerprint density at radius 1 is 1.11 bits per heavy atom. The molecular weight excluding hydrogens is 360 g/mol. The van der Waals surface area contributed by atoms with Gasteiger partial charge < -0.3 is 9.73 Å². The van der Waals surface area contributed by atoms with Crippen LogP contribution in [0.5, 0.6) is 0 Å². The van der Waals surface area contributed by atoms with Crippen LogP contribution >= 0.6 is 11.6 Å². The summed E-state index contributed by atoms with van der Waals surface area (Å²) >= 11 is 5.85. The molecule has 0 aliphatic heterocycles. The molecule has 0 bridgehead atoms. The molecule has 1 aromatic heterocycles. The first-order chi connectivity index (χ1) is 13.0. The lowest BCUT2D eigenvalue weighted by molar-refractivity contribution is -0.121. The van der Waals surface area contributed by atoms with Crippen LogP contribution in [0, 0.1) is 0 Å². The molecule has 4 nitrogen and oxygen atoms in total. The van der Waals surface area contributed by atoms with Crippen molar-refractivity contribution >= 4 is 17.5 Å². The molecule has 1 heterocycles. The summed E-state index contributed by atoms with van der Waals surface area (Å²) in [6, 6.07) is 15.7. The molecule has 0 fully saturated rings. The van der Waals surface area contributed by atoms with Crippen LogP contribution in [0.15, 0.2) is 59.1 Å². The number of carbonyl (C=O) groups is 1. The van der Waals surface area contributed by atoms with Crippen molar-refractivity contribution in [3.05, 3.63) is 76.8 Å². The fourth-order valence-electron chi connectivity index (χ4n) is 2.70. The van der Waals surface area contributed by atoms with Gasteiger partial charge >= 0.3 is 0 Å². The van der Waals surface area contributed by atoms with Crippen LogP contribution in [-0.2, 0) is 17.8 Å². The number of aromatic nitrogens is 1. The summed E-state index contributed by atoms with van der Waals surface area (Å²) in [5.74, 6) is 1.75. The van der Waals surface area contributed by atoms with E-state index in [0.29, 0.717) is 36.2 Å². The minimum atomic E-state index is -0.0361. The summed E-state index contributed by atoms with van der Waals surface area (Å²) in [5.41, 5.74) is 3.29. The maximum absolute atomic E-state index is 12.0. The number of rotatable bonds is 7. The summed E-state index contributed by atoms with van der Waals surface area (Å²) in [6.07, 6.45) is 2.52. The number of nitrogens with zero attached hydrogens (tertiary/aromatic N) is 1. The first-order valence-electron chi connectivity index (χ1n) is 9.07. The number of amides is 1. The monoisotopic (exact) mass is 382 g/mol. The van der Waals surface area contributed by atoms with E-state index in [1.165, 1.54) is 5.56 Å². The van der Waals surface area contributed by atoms with Crippen molar-refractivity contribution in [3.63, 3.8) is 0 Å². The molecule has 140 valence electrons. The van der Waals surface area contributed by atoms with Gasteiger partial charge in [-0.05, 0) is 29.2 Å². The van der Waals surface area contributed by atoms with Crippen LogP contribution in [0.2, 0.25) is 5.02 Å².